The first kappa shape index (κ1) is 36.3. The molecule has 1 aliphatic carbocycles. The number of nitrogens with zero attached hydrogens (tertiary/aromatic N) is 4. The molecule has 0 unspecified atom stereocenters. The summed E-state index contributed by atoms with van der Waals surface area (Å²) >= 11 is 0. The van der Waals surface area contributed by atoms with Crippen molar-refractivity contribution in [3.63, 3.8) is 0 Å². The lowest BCUT2D eigenvalue weighted by Gasteiger charge is -2.23. The molecule has 0 heterocycles. The second-order valence-corrected chi connectivity index (χ2v) is 12.1. The van der Waals surface area contributed by atoms with Crippen LogP contribution in [-0.2, 0) is 0 Å². The van der Waals surface area contributed by atoms with Gasteiger partial charge in [-0.25, -0.2) is 0 Å². The maximum Gasteiger partial charge on any atom is 0.285 e. The van der Waals surface area contributed by atoms with Crippen molar-refractivity contribution in [2.45, 2.75) is 117 Å². The predicted octanol–water partition coefficient (Wildman–Crippen LogP) is 9.35. The van der Waals surface area contributed by atoms with Gasteiger partial charge >= 0.3 is 0 Å². The molecule has 250 valence electrons. The average Bonchev–Trinajstić information content (AvgIpc) is 3.32. The van der Waals surface area contributed by atoms with Crippen LogP contribution < -0.4 is 0 Å². The van der Waals surface area contributed by atoms with Gasteiger partial charge in [-0.05, 0) is 18.9 Å². The molecule has 0 aliphatic heterocycles. The van der Waals surface area contributed by atoms with Crippen LogP contribution in [0.1, 0.15) is 143 Å². The molecule has 12 nitrogen and oxygen atoms in total. The van der Waals surface area contributed by atoms with Gasteiger partial charge in [-0.3, -0.25) is 39.9 Å². The first-order valence-corrected chi connectivity index (χ1v) is 16.8. The second kappa shape index (κ2) is 18.1. The van der Waals surface area contributed by atoms with E-state index in [2.05, 4.69) is 13.8 Å². The number of rotatable bonds is 22. The summed E-state index contributed by atoms with van der Waals surface area (Å²) in [5.41, 5.74) is -3.35. The van der Waals surface area contributed by atoms with Gasteiger partial charge in [0, 0.05) is 41.9 Å². The number of non-ortho nitro benzene ring substituents is 1. The summed E-state index contributed by atoms with van der Waals surface area (Å²) in [4.78, 5) is 62.0. The van der Waals surface area contributed by atoms with Crippen LogP contribution >= 0.6 is 0 Å². The van der Waals surface area contributed by atoms with E-state index in [9.17, 15) is 39.9 Å². The molecule has 0 bridgehead atoms. The lowest BCUT2D eigenvalue weighted by molar-refractivity contribution is -0.394. The van der Waals surface area contributed by atoms with Gasteiger partial charge in [-0.15, -0.1) is 0 Å². The largest absolute Gasteiger partial charge is 0.339 e. The monoisotopic (exact) mass is 638 g/mol. The summed E-state index contributed by atoms with van der Waals surface area (Å²) in [5.74, 6) is -1.27. The van der Waals surface area contributed by atoms with E-state index in [0.717, 1.165) is 63.5 Å². The fraction of sp³-hybridized carbons (Fsp3) is 0.588. The van der Waals surface area contributed by atoms with Crippen LogP contribution in [0.2, 0.25) is 0 Å². The van der Waals surface area contributed by atoms with Crippen molar-refractivity contribution in [2.75, 3.05) is 13.1 Å². The van der Waals surface area contributed by atoms with Crippen LogP contribution in [0.3, 0.4) is 0 Å². The number of nitro benzene ring substituents is 3. The number of carbonyl (C=O) groups excluding carboxylic acids is 2. The Bertz CT molecular complexity index is 1400. The number of carbonyl (C=O) groups is 2. The fourth-order valence-electron chi connectivity index (χ4n) is 6.15. The predicted molar refractivity (Wildman–Crippen MR) is 176 cm³/mol. The van der Waals surface area contributed by atoms with Crippen LogP contribution in [0, 0.1) is 30.3 Å². The van der Waals surface area contributed by atoms with Gasteiger partial charge in [0.2, 0.25) is 0 Å². The Morgan fingerprint density at radius 2 is 1.00 bits per heavy atom. The van der Waals surface area contributed by atoms with E-state index >= 15 is 0 Å². The third kappa shape index (κ3) is 9.40. The van der Waals surface area contributed by atoms with E-state index in [-0.39, 0.29) is 27.8 Å². The zero-order valence-electron chi connectivity index (χ0n) is 27.1. The minimum absolute atomic E-state index is 0.0529. The Morgan fingerprint density at radius 1 is 0.587 bits per heavy atom. The number of unbranched alkanes of at least 4 members (excludes halogenated alkanes) is 14. The first-order chi connectivity index (χ1) is 22.1. The summed E-state index contributed by atoms with van der Waals surface area (Å²) in [6.07, 6.45) is 17.5. The third-order valence-electron chi connectivity index (χ3n) is 8.66. The lowest BCUT2D eigenvalue weighted by Crippen LogP contribution is -2.33. The standard InChI is InChI=1S/C34H46N4O8/c1-3-5-7-9-11-13-15-17-19-35(20-18-16-14-12-10-8-6-4-2)34(40)25-21-27-31(29(22-25)37(43)44)32-28(33(27)39)23-26(36(41)42)24-30(32)38(45)46/h21-24H,3-20H2,1-2H3. The average molecular weight is 639 g/mol. The SMILES string of the molecule is CCCCCCCCCCN(CCCCCCCCCC)C(=O)c1cc2c(c([N+](=O)[O-])c1)-c1c(cc([N+](=O)[O-])cc1[N+](=O)[O-])C2=O. The quantitative estimate of drug-likeness (QED) is 0.0596. The second-order valence-electron chi connectivity index (χ2n) is 12.1. The van der Waals surface area contributed by atoms with Gasteiger partial charge in [0.15, 0.2) is 5.78 Å². The Kier molecular flexibility index (Phi) is 14.2. The maximum atomic E-state index is 13.9. The van der Waals surface area contributed by atoms with Crippen molar-refractivity contribution in [1.29, 1.82) is 0 Å². The highest BCUT2D eigenvalue weighted by Gasteiger charge is 2.41. The number of nitro groups is 3. The van der Waals surface area contributed by atoms with Crippen LogP contribution in [0.25, 0.3) is 11.1 Å². The van der Waals surface area contributed by atoms with Crippen LogP contribution in [-0.4, -0.2) is 44.4 Å². The maximum absolute atomic E-state index is 13.9. The van der Waals surface area contributed by atoms with Gasteiger partial charge < -0.3 is 4.90 Å². The Balaban J connectivity index is 1.86. The Morgan fingerprint density at radius 3 is 1.43 bits per heavy atom. The summed E-state index contributed by atoms with van der Waals surface area (Å²) in [5, 5.41) is 35.5. The third-order valence-corrected chi connectivity index (χ3v) is 8.66. The highest BCUT2D eigenvalue weighted by molar-refractivity contribution is 6.25. The number of fused-ring (bicyclic) bond motifs is 3. The molecule has 12 heteroatoms. The highest BCUT2D eigenvalue weighted by atomic mass is 16.6. The summed E-state index contributed by atoms with van der Waals surface area (Å²) in [7, 11) is 0. The topological polar surface area (TPSA) is 167 Å². The van der Waals surface area contributed by atoms with Crippen LogP contribution in [0.4, 0.5) is 17.1 Å². The molecule has 2 aromatic rings. The lowest BCUT2D eigenvalue weighted by atomic mass is 9.98. The van der Waals surface area contributed by atoms with E-state index in [1.165, 1.54) is 57.4 Å². The Labute approximate surface area is 270 Å². The normalized spacial score (nSPS) is 11.7. The van der Waals surface area contributed by atoms with Crippen molar-refractivity contribution in [1.82, 2.24) is 4.90 Å². The molecule has 0 N–H and O–H groups in total. The summed E-state index contributed by atoms with van der Waals surface area (Å²) in [6.45, 7) is 5.30. The van der Waals surface area contributed by atoms with Crippen LogP contribution in [0.5, 0.6) is 0 Å². The molecule has 0 saturated carbocycles. The number of amides is 1. The summed E-state index contributed by atoms with van der Waals surface area (Å²) < 4.78 is 0. The molecule has 3 rings (SSSR count). The number of hydrogen-bond donors (Lipinski definition) is 0. The van der Waals surface area contributed by atoms with E-state index in [4.69, 9.17) is 0 Å². The molecule has 0 spiro atoms. The molecule has 0 radical (unpaired) electrons. The number of ketones is 1. The van der Waals surface area contributed by atoms with E-state index < -0.39 is 43.5 Å². The van der Waals surface area contributed by atoms with Crippen LogP contribution in [0.15, 0.2) is 24.3 Å². The van der Waals surface area contributed by atoms with Crippen molar-refractivity contribution in [2.24, 2.45) is 0 Å². The smallest absolute Gasteiger partial charge is 0.285 e. The minimum Gasteiger partial charge on any atom is -0.339 e. The van der Waals surface area contributed by atoms with Gasteiger partial charge in [-0.2, -0.15) is 0 Å². The molecule has 46 heavy (non-hydrogen) atoms. The zero-order chi connectivity index (χ0) is 33.6. The molecule has 0 atom stereocenters. The Hall–Kier alpha value is -4.22. The molecule has 0 fully saturated rings. The van der Waals surface area contributed by atoms with E-state index in [1.54, 1.807) is 4.90 Å². The van der Waals surface area contributed by atoms with Crippen molar-refractivity contribution < 1.29 is 24.4 Å². The highest BCUT2D eigenvalue weighted by Crippen LogP contribution is 2.49. The van der Waals surface area contributed by atoms with Gasteiger partial charge in [0.1, 0.15) is 0 Å². The minimum atomic E-state index is -0.896. The van der Waals surface area contributed by atoms with Crippen molar-refractivity contribution >= 4 is 28.8 Å². The van der Waals surface area contributed by atoms with Gasteiger partial charge in [0.05, 0.1) is 32.0 Å². The molecule has 1 amide bonds. The van der Waals surface area contributed by atoms with Gasteiger partial charge in [-0.1, -0.05) is 104 Å². The molecule has 1 aliphatic rings. The molecule has 2 aromatic carbocycles. The molecular formula is C34H46N4O8. The number of hydrogen-bond acceptors (Lipinski definition) is 8. The van der Waals surface area contributed by atoms with Crippen molar-refractivity contribution in [3.8, 4) is 11.1 Å². The number of benzene rings is 2. The first-order valence-electron chi connectivity index (χ1n) is 16.8. The van der Waals surface area contributed by atoms with Gasteiger partial charge in [0.25, 0.3) is 23.0 Å². The molecule has 0 saturated heterocycles. The molecule has 0 aromatic heterocycles. The van der Waals surface area contributed by atoms with Crippen molar-refractivity contribution in [3.05, 3.63) is 71.3 Å². The zero-order valence-corrected chi connectivity index (χ0v) is 27.1. The fourth-order valence-corrected chi connectivity index (χ4v) is 6.15. The van der Waals surface area contributed by atoms with E-state index in [1.807, 2.05) is 0 Å². The molecular weight excluding hydrogens is 592 g/mol. The summed E-state index contributed by atoms with van der Waals surface area (Å²) in [6, 6.07) is 3.91. The van der Waals surface area contributed by atoms with E-state index in [0.29, 0.717) is 19.2 Å².